The highest BCUT2D eigenvalue weighted by Crippen LogP contribution is 2.32. The zero-order chi connectivity index (χ0) is 22.9. The molecule has 1 aromatic heterocycles. The highest BCUT2D eigenvalue weighted by Gasteiger charge is 2.10. The number of halogens is 2. The smallest absolute Gasteiger partial charge is 0.229 e. The van der Waals surface area contributed by atoms with Crippen molar-refractivity contribution in [1.82, 2.24) is 14.9 Å². The molecule has 0 saturated carbocycles. The molecule has 0 saturated heterocycles. The van der Waals surface area contributed by atoms with Crippen LogP contribution in [0.5, 0.6) is 11.5 Å². The van der Waals surface area contributed by atoms with E-state index in [1.807, 2.05) is 18.2 Å². The maximum Gasteiger partial charge on any atom is 0.229 e. The molecule has 0 radical (unpaired) electrons. The normalized spacial score (nSPS) is 10.8. The number of hydrogen-bond donors (Lipinski definition) is 2. The third-order valence-corrected chi connectivity index (χ3v) is 5.41. The molecule has 0 aliphatic carbocycles. The summed E-state index contributed by atoms with van der Waals surface area (Å²) in [5.74, 6) is 1.96. The molecule has 3 rings (SSSR count). The van der Waals surface area contributed by atoms with Crippen LogP contribution in [0.4, 0.5) is 27.5 Å². The van der Waals surface area contributed by atoms with Crippen LogP contribution in [0.1, 0.15) is 13.8 Å². The zero-order valence-corrected chi connectivity index (χ0v) is 19.9. The summed E-state index contributed by atoms with van der Waals surface area (Å²) in [4.78, 5) is 11.1. The fourth-order valence-corrected chi connectivity index (χ4v) is 3.30. The number of rotatable bonds is 11. The van der Waals surface area contributed by atoms with E-state index >= 15 is 0 Å². The van der Waals surface area contributed by atoms with Gasteiger partial charge in [-0.25, -0.2) is 9.37 Å². The van der Waals surface area contributed by atoms with Crippen molar-refractivity contribution in [2.75, 3.05) is 44.0 Å². The summed E-state index contributed by atoms with van der Waals surface area (Å²) >= 11 is 3.44. The van der Waals surface area contributed by atoms with Gasteiger partial charge in [-0.2, -0.15) is 4.98 Å². The minimum atomic E-state index is -0.297. The molecule has 9 heteroatoms. The minimum Gasteiger partial charge on any atom is -0.493 e. The van der Waals surface area contributed by atoms with E-state index in [-0.39, 0.29) is 5.82 Å². The molecule has 0 aliphatic heterocycles. The molecule has 2 N–H and O–H groups in total. The van der Waals surface area contributed by atoms with Gasteiger partial charge in [0.1, 0.15) is 18.2 Å². The van der Waals surface area contributed by atoms with E-state index in [4.69, 9.17) is 9.47 Å². The lowest BCUT2D eigenvalue weighted by atomic mass is 10.2. The number of ether oxygens (including phenoxy) is 2. The summed E-state index contributed by atoms with van der Waals surface area (Å²) in [5, 5.41) is 6.34. The van der Waals surface area contributed by atoms with Crippen molar-refractivity contribution in [1.29, 1.82) is 0 Å². The molecule has 0 atom stereocenters. The third kappa shape index (κ3) is 6.54. The van der Waals surface area contributed by atoms with Crippen molar-refractivity contribution >= 4 is 39.1 Å². The Hall–Kier alpha value is -2.91. The van der Waals surface area contributed by atoms with E-state index in [1.165, 1.54) is 12.1 Å². The number of likely N-dealkylation sites (N-methyl/N-ethyl adjacent to an activating group) is 1. The Bertz CT molecular complexity index is 1020. The van der Waals surface area contributed by atoms with E-state index in [1.54, 1.807) is 25.4 Å². The van der Waals surface area contributed by atoms with E-state index in [9.17, 15) is 4.39 Å². The minimum absolute atomic E-state index is 0.297. The first-order chi connectivity index (χ1) is 15.5. The van der Waals surface area contributed by atoms with E-state index in [0.29, 0.717) is 40.0 Å². The van der Waals surface area contributed by atoms with Gasteiger partial charge < -0.3 is 25.0 Å². The van der Waals surface area contributed by atoms with Crippen LogP contribution in [0.3, 0.4) is 0 Å². The predicted octanol–water partition coefficient (Wildman–Crippen LogP) is 5.59. The highest BCUT2D eigenvalue weighted by atomic mass is 79.9. The lowest BCUT2D eigenvalue weighted by molar-refractivity contribution is 0.217. The second kappa shape index (κ2) is 11.6. The van der Waals surface area contributed by atoms with Gasteiger partial charge in [0.25, 0.3) is 0 Å². The number of methoxy groups -OCH3 is 1. The van der Waals surface area contributed by atoms with Crippen LogP contribution in [0.2, 0.25) is 0 Å². The first-order valence-corrected chi connectivity index (χ1v) is 11.2. The van der Waals surface area contributed by atoms with Crippen molar-refractivity contribution in [3.63, 3.8) is 0 Å². The number of anilines is 4. The van der Waals surface area contributed by atoms with Gasteiger partial charge in [0.05, 0.1) is 11.6 Å². The van der Waals surface area contributed by atoms with Crippen LogP contribution >= 0.6 is 15.9 Å². The fraction of sp³-hybridized carbons (Fsp3) is 0.304. The molecule has 0 amide bonds. The van der Waals surface area contributed by atoms with Crippen LogP contribution in [0, 0.1) is 5.82 Å². The van der Waals surface area contributed by atoms with Gasteiger partial charge in [-0.15, -0.1) is 0 Å². The maximum atomic E-state index is 13.2. The molecule has 1 heterocycles. The Morgan fingerprint density at radius 2 is 1.72 bits per heavy atom. The number of benzene rings is 2. The standard InChI is InChI=1S/C23H27BrFN5O2/c1-4-30(5-2)12-13-32-21-14-18(10-11-20(21)31-3)28-23-26-15-19(24)22(29-23)27-17-8-6-16(25)7-9-17/h6-11,14-15H,4-5,12-13H2,1-3H3,(H2,26,27,28,29). The predicted molar refractivity (Wildman–Crippen MR) is 129 cm³/mol. The molecular formula is C23H27BrFN5O2. The number of nitrogens with zero attached hydrogens (tertiary/aromatic N) is 3. The topological polar surface area (TPSA) is 71.5 Å². The molecule has 0 spiro atoms. The van der Waals surface area contributed by atoms with Gasteiger partial charge in [-0.3, -0.25) is 0 Å². The van der Waals surface area contributed by atoms with Crippen LogP contribution < -0.4 is 20.1 Å². The van der Waals surface area contributed by atoms with Crippen molar-refractivity contribution in [2.24, 2.45) is 0 Å². The summed E-state index contributed by atoms with van der Waals surface area (Å²) in [6.07, 6.45) is 1.65. The first kappa shape index (κ1) is 23.7. The largest absolute Gasteiger partial charge is 0.493 e. The average Bonchev–Trinajstić information content (AvgIpc) is 2.80. The average molecular weight is 504 g/mol. The monoisotopic (exact) mass is 503 g/mol. The summed E-state index contributed by atoms with van der Waals surface area (Å²) in [5.41, 5.74) is 1.48. The van der Waals surface area contributed by atoms with E-state index in [0.717, 1.165) is 25.3 Å². The molecule has 0 aliphatic rings. The highest BCUT2D eigenvalue weighted by molar-refractivity contribution is 9.10. The SMILES string of the molecule is CCN(CC)CCOc1cc(Nc2ncc(Br)c(Nc3ccc(F)cc3)n2)ccc1OC. The lowest BCUT2D eigenvalue weighted by Crippen LogP contribution is -2.27. The third-order valence-electron chi connectivity index (χ3n) is 4.83. The molecule has 7 nitrogen and oxygen atoms in total. The number of hydrogen-bond acceptors (Lipinski definition) is 7. The zero-order valence-electron chi connectivity index (χ0n) is 18.4. The van der Waals surface area contributed by atoms with Gasteiger partial charge in [0.15, 0.2) is 11.5 Å². The van der Waals surface area contributed by atoms with Gasteiger partial charge >= 0.3 is 0 Å². The van der Waals surface area contributed by atoms with E-state index in [2.05, 4.69) is 55.3 Å². The molecule has 2 aromatic carbocycles. The molecule has 0 fully saturated rings. The van der Waals surface area contributed by atoms with Crippen molar-refractivity contribution in [3.8, 4) is 11.5 Å². The second-order valence-corrected chi connectivity index (χ2v) is 7.74. The Morgan fingerprint density at radius 1 is 1.00 bits per heavy atom. The van der Waals surface area contributed by atoms with Crippen LogP contribution in [-0.2, 0) is 0 Å². The van der Waals surface area contributed by atoms with Gasteiger partial charge in [0.2, 0.25) is 5.95 Å². The van der Waals surface area contributed by atoms with Crippen LogP contribution in [0.15, 0.2) is 53.1 Å². The van der Waals surface area contributed by atoms with Gasteiger partial charge in [-0.1, -0.05) is 13.8 Å². The molecule has 32 heavy (non-hydrogen) atoms. The van der Waals surface area contributed by atoms with Gasteiger partial charge in [-0.05, 0) is 65.4 Å². The van der Waals surface area contributed by atoms with Crippen LogP contribution in [0.25, 0.3) is 0 Å². The Morgan fingerprint density at radius 3 is 2.41 bits per heavy atom. The van der Waals surface area contributed by atoms with Crippen LogP contribution in [-0.4, -0.2) is 48.2 Å². The van der Waals surface area contributed by atoms with Crippen molar-refractivity contribution in [2.45, 2.75) is 13.8 Å². The van der Waals surface area contributed by atoms with Crippen molar-refractivity contribution in [3.05, 3.63) is 59.0 Å². The Balaban J connectivity index is 1.72. The lowest BCUT2D eigenvalue weighted by Gasteiger charge is -2.19. The molecule has 0 unspecified atom stereocenters. The van der Waals surface area contributed by atoms with E-state index < -0.39 is 0 Å². The molecule has 3 aromatic rings. The van der Waals surface area contributed by atoms with Crippen molar-refractivity contribution < 1.29 is 13.9 Å². The summed E-state index contributed by atoms with van der Waals surface area (Å²) in [6, 6.07) is 11.6. The number of nitrogens with one attached hydrogen (secondary N) is 2. The number of aromatic nitrogens is 2. The van der Waals surface area contributed by atoms with Gasteiger partial charge in [0, 0.05) is 30.2 Å². The summed E-state index contributed by atoms with van der Waals surface area (Å²) in [6.45, 7) is 7.61. The molecular weight excluding hydrogens is 477 g/mol. The Labute approximate surface area is 196 Å². The molecule has 0 bridgehead atoms. The maximum absolute atomic E-state index is 13.2. The summed E-state index contributed by atoms with van der Waals surface area (Å²) < 4.78 is 25.2. The first-order valence-electron chi connectivity index (χ1n) is 10.4. The Kier molecular flexibility index (Phi) is 8.64. The molecule has 170 valence electrons. The quantitative estimate of drug-likeness (QED) is 0.353. The summed E-state index contributed by atoms with van der Waals surface area (Å²) in [7, 11) is 1.62. The fourth-order valence-electron chi connectivity index (χ4n) is 3.01. The second-order valence-electron chi connectivity index (χ2n) is 6.89.